The Morgan fingerprint density at radius 2 is 2.21 bits per heavy atom. The molecule has 3 heterocycles. The van der Waals surface area contributed by atoms with Crippen molar-refractivity contribution in [3.63, 3.8) is 0 Å². The van der Waals surface area contributed by atoms with Crippen LogP contribution in [-0.4, -0.2) is 34.7 Å². The molecule has 0 atom stereocenters. The lowest BCUT2D eigenvalue weighted by Crippen LogP contribution is -2.54. The maximum absolute atomic E-state index is 11.5. The van der Waals surface area contributed by atoms with Crippen LogP contribution in [0.5, 0.6) is 0 Å². The first-order chi connectivity index (χ1) is 9.06. The zero-order valence-electron chi connectivity index (χ0n) is 10.9. The fraction of sp³-hybridized carbons (Fsp3) is 0.750. The van der Waals surface area contributed by atoms with Gasteiger partial charge in [-0.2, -0.15) is 0 Å². The molecule has 1 aliphatic carbocycles. The normalized spacial score (nSPS) is 30.2. The summed E-state index contributed by atoms with van der Waals surface area (Å²) in [6.07, 6.45) is 4.54. The van der Waals surface area contributed by atoms with Gasteiger partial charge in [-0.15, -0.1) is 10.2 Å². The van der Waals surface area contributed by atoms with Crippen molar-refractivity contribution in [2.75, 3.05) is 18.0 Å². The first-order valence-corrected chi connectivity index (χ1v) is 8.20. The van der Waals surface area contributed by atoms with Gasteiger partial charge in [-0.05, 0) is 47.5 Å². The minimum atomic E-state index is -0.0724. The van der Waals surface area contributed by atoms with Gasteiger partial charge in [0.1, 0.15) is 0 Å². The molecular weight excluding hydrogens is 328 g/mol. The number of halogens is 1. The smallest absolute Gasteiger partial charge is 0.217 e. The first kappa shape index (κ1) is 13.3. The molecular formula is C12H17BrN4OS. The summed E-state index contributed by atoms with van der Waals surface area (Å²) in [7, 11) is 0. The number of amides is 1. The van der Waals surface area contributed by atoms with Gasteiger partial charge in [-0.3, -0.25) is 4.79 Å². The van der Waals surface area contributed by atoms with Crippen LogP contribution in [0.3, 0.4) is 0 Å². The molecule has 1 aromatic heterocycles. The third kappa shape index (κ3) is 2.76. The van der Waals surface area contributed by atoms with Crippen LogP contribution in [0.1, 0.15) is 32.6 Å². The third-order valence-electron chi connectivity index (χ3n) is 4.14. The number of nitrogens with one attached hydrogen (secondary N) is 1. The second-order valence-corrected chi connectivity index (χ2v) is 7.86. The zero-order chi connectivity index (χ0) is 13.5. The van der Waals surface area contributed by atoms with Crippen molar-refractivity contribution in [3.05, 3.63) is 3.92 Å². The van der Waals surface area contributed by atoms with E-state index in [9.17, 15) is 4.79 Å². The van der Waals surface area contributed by atoms with E-state index in [0.29, 0.717) is 5.92 Å². The highest BCUT2D eigenvalue weighted by Gasteiger charge is 2.42. The summed E-state index contributed by atoms with van der Waals surface area (Å²) >= 11 is 4.93. The Hall–Kier alpha value is -0.690. The molecule has 7 heteroatoms. The van der Waals surface area contributed by atoms with Crippen LogP contribution in [0.4, 0.5) is 5.13 Å². The summed E-state index contributed by atoms with van der Waals surface area (Å²) in [5.74, 6) is 0.783. The quantitative estimate of drug-likeness (QED) is 0.893. The van der Waals surface area contributed by atoms with E-state index in [0.717, 1.165) is 35.0 Å². The molecule has 3 fully saturated rings. The number of hydrogen-bond acceptors (Lipinski definition) is 5. The number of carbonyl (C=O) groups excluding carboxylic acids is 1. The van der Waals surface area contributed by atoms with Crippen LogP contribution in [-0.2, 0) is 4.79 Å². The van der Waals surface area contributed by atoms with E-state index in [2.05, 4.69) is 36.3 Å². The number of nitrogens with zero attached hydrogens (tertiary/aromatic N) is 3. The van der Waals surface area contributed by atoms with Gasteiger partial charge in [-0.25, -0.2) is 0 Å². The fourth-order valence-corrected chi connectivity index (χ4v) is 4.42. The minimum absolute atomic E-state index is 0.0683. The maximum Gasteiger partial charge on any atom is 0.217 e. The number of anilines is 1. The van der Waals surface area contributed by atoms with Gasteiger partial charge in [-0.1, -0.05) is 11.3 Å². The molecule has 19 heavy (non-hydrogen) atoms. The molecule has 2 saturated heterocycles. The van der Waals surface area contributed by atoms with Crippen molar-refractivity contribution in [2.24, 2.45) is 5.92 Å². The van der Waals surface area contributed by atoms with Gasteiger partial charge in [0.25, 0.3) is 0 Å². The second-order valence-electron chi connectivity index (χ2n) is 5.62. The summed E-state index contributed by atoms with van der Waals surface area (Å²) in [5.41, 5.74) is -0.0724. The lowest BCUT2D eigenvalue weighted by Gasteiger charge is -2.37. The lowest BCUT2D eigenvalue weighted by molar-refractivity contribution is -0.121. The third-order valence-corrected chi connectivity index (χ3v) is 5.55. The van der Waals surface area contributed by atoms with E-state index < -0.39 is 0 Å². The average molecular weight is 345 g/mol. The minimum Gasteiger partial charge on any atom is -0.349 e. The van der Waals surface area contributed by atoms with Crippen molar-refractivity contribution in [2.45, 2.75) is 38.1 Å². The first-order valence-electron chi connectivity index (χ1n) is 6.59. The van der Waals surface area contributed by atoms with Gasteiger partial charge in [0.05, 0.1) is 5.54 Å². The number of fused-ring (bicyclic) bond motifs is 4. The molecule has 2 bridgehead atoms. The van der Waals surface area contributed by atoms with E-state index >= 15 is 0 Å². The highest BCUT2D eigenvalue weighted by Crippen LogP contribution is 2.39. The zero-order valence-corrected chi connectivity index (χ0v) is 13.3. The monoisotopic (exact) mass is 344 g/mol. The Morgan fingerprint density at radius 1 is 1.47 bits per heavy atom. The molecule has 1 N–H and O–H groups in total. The van der Waals surface area contributed by atoms with E-state index in [1.165, 1.54) is 12.8 Å². The molecule has 104 valence electrons. The number of carbonyl (C=O) groups is 1. The van der Waals surface area contributed by atoms with E-state index in [1.54, 1.807) is 18.3 Å². The fourth-order valence-electron chi connectivity index (χ4n) is 3.32. The largest absolute Gasteiger partial charge is 0.349 e. The molecule has 0 radical (unpaired) electrons. The van der Waals surface area contributed by atoms with Crippen LogP contribution in [0, 0.1) is 5.92 Å². The summed E-state index contributed by atoms with van der Waals surface area (Å²) in [6.45, 7) is 3.49. The number of hydrogen-bond donors (Lipinski definition) is 1. The number of aromatic nitrogens is 2. The van der Waals surface area contributed by atoms with E-state index in [1.807, 2.05) is 0 Å². The van der Waals surface area contributed by atoms with Crippen molar-refractivity contribution in [1.82, 2.24) is 15.5 Å². The highest BCUT2D eigenvalue weighted by molar-refractivity contribution is 9.11. The predicted octanol–water partition coefficient (Wildman–Crippen LogP) is 2.19. The summed E-state index contributed by atoms with van der Waals surface area (Å²) in [5, 5.41) is 12.4. The Kier molecular flexibility index (Phi) is 3.51. The van der Waals surface area contributed by atoms with Crippen LogP contribution in [0.15, 0.2) is 3.92 Å². The van der Waals surface area contributed by atoms with Crippen LogP contribution in [0.2, 0.25) is 0 Å². The highest BCUT2D eigenvalue weighted by atomic mass is 79.9. The van der Waals surface area contributed by atoms with E-state index in [-0.39, 0.29) is 11.4 Å². The molecule has 5 nitrogen and oxygen atoms in total. The van der Waals surface area contributed by atoms with Crippen molar-refractivity contribution in [1.29, 1.82) is 0 Å². The van der Waals surface area contributed by atoms with Gasteiger partial charge in [0.2, 0.25) is 11.0 Å². The molecule has 4 rings (SSSR count). The van der Waals surface area contributed by atoms with Gasteiger partial charge >= 0.3 is 0 Å². The summed E-state index contributed by atoms with van der Waals surface area (Å²) in [4.78, 5) is 13.8. The predicted molar refractivity (Wildman–Crippen MR) is 78.3 cm³/mol. The molecule has 0 unspecified atom stereocenters. The van der Waals surface area contributed by atoms with E-state index in [4.69, 9.17) is 0 Å². The maximum atomic E-state index is 11.5. The van der Waals surface area contributed by atoms with Crippen molar-refractivity contribution < 1.29 is 4.79 Å². The average Bonchev–Trinajstić information content (AvgIpc) is 2.61. The Bertz CT molecular complexity index is 484. The number of rotatable bonds is 2. The SMILES string of the molecule is CC(=O)NC12CCC(CC1)CN(c1nnc(Br)s1)C2. The Balaban J connectivity index is 1.85. The Morgan fingerprint density at radius 3 is 2.79 bits per heavy atom. The van der Waals surface area contributed by atoms with Gasteiger partial charge < -0.3 is 10.2 Å². The molecule has 1 saturated carbocycles. The van der Waals surface area contributed by atoms with Crippen LogP contribution >= 0.6 is 27.3 Å². The summed E-state index contributed by atoms with van der Waals surface area (Å²) in [6, 6.07) is 0. The second kappa shape index (κ2) is 5.01. The van der Waals surface area contributed by atoms with Crippen molar-refractivity contribution >= 4 is 38.3 Å². The van der Waals surface area contributed by atoms with Crippen LogP contribution in [0.25, 0.3) is 0 Å². The molecule has 0 aromatic carbocycles. The standard InChI is InChI=1S/C12H17BrN4OS/c1-8(18)14-12-4-2-9(3-5-12)6-17(7-12)11-16-15-10(13)19-11/h9H,2-7H2,1H3,(H,14,18). The van der Waals surface area contributed by atoms with Crippen molar-refractivity contribution in [3.8, 4) is 0 Å². The van der Waals surface area contributed by atoms with Gasteiger partial charge in [0.15, 0.2) is 3.92 Å². The summed E-state index contributed by atoms with van der Waals surface area (Å²) < 4.78 is 0.813. The molecule has 2 aliphatic heterocycles. The van der Waals surface area contributed by atoms with Gasteiger partial charge in [0, 0.05) is 20.0 Å². The molecule has 3 aliphatic rings. The topological polar surface area (TPSA) is 58.1 Å². The Labute approximate surface area is 124 Å². The lowest BCUT2D eigenvalue weighted by atomic mass is 9.78. The molecule has 1 amide bonds. The molecule has 0 spiro atoms. The molecule has 1 aromatic rings. The van der Waals surface area contributed by atoms with Crippen LogP contribution < -0.4 is 10.2 Å².